The summed E-state index contributed by atoms with van der Waals surface area (Å²) in [6.07, 6.45) is 1.45. The van der Waals surface area contributed by atoms with Crippen LogP contribution in [0.3, 0.4) is 0 Å². The molecule has 0 aliphatic heterocycles. The summed E-state index contributed by atoms with van der Waals surface area (Å²) in [5.41, 5.74) is -0.614. The second-order valence-electron chi connectivity index (χ2n) is 3.88. The molecule has 103 valence electrons. The Balaban J connectivity index is 2.52. The first-order chi connectivity index (χ1) is 9.54. The van der Waals surface area contributed by atoms with E-state index in [-0.39, 0.29) is 22.9 Å². The minimum Gasteiger partial charge on any atom is -0.489 e. The van der Waals surface area contributed by atoms with Crippen LogP contribution in [-0.2, 0) is 0 Å². The molecule has 2 aromatic rings. The van der Waals surface area contributed by atoms with Crippen molar-refractivity contribution in [2.24, 2.45) is 0 Å². The van der Waals surface area contributed by atoms with Crippen molar-refractivity contribution in [3.05, 3.63) is 65.5 Å². The smallest absolute Gasteiger partial charge is 0.142 e. The second-order valence-corrected chi connectivity index (χ2v) is 4.25. The van der Waals surface area contributed by atoms with Gasteiger partial charge in [0.2, 0.25) is 0 Å². The summed E-state index contributed by atoms with van der Waals surface area (Å²) in [6, 6.07) is 6.79. The molecule has 0 aliphatic carbocycles. The minimum absolute atomic E-state index is 0.0103. The molecule has 0 amide bonds. The maximum atomic E-state index is 14.0. The Hall–Kier alpha value is -1.94. The molecule has 0 N–H and O–H groups in total. The molecule has 0 aliphatic rings. The zero-order valence-electron chi connectivity index (χ0n) is 10.2. The molecule has 1 radical (unpaired) electrons. The summed E-state index contributed by atoms with van der Waals surface area (Å²) in [4.78, 5) is 0. The molecular weight excluding hydrogens is 289 g/mol. The zero-order chi connectivity index (χ0) is 14.7. The third-order valence-corrected chi connectivity index (χ3v) is 2.89. The first-order valence-corrected chi connectivity index (χ1v) is 6.01. The number of rotatable bonds is 4. The van der Waals surface area contributed by atoms with E-state index in [0.29, 0.717) is 0 Å². The average Bonchev–Trinajstić information content (AvgIpc) is 2.40. The number of ether oxygens (including phenoxy) is 1. The van der Waals surface area contributed by atoms with Gasteiger partial charge in [-0.05, 0) is 12.1 Å². The van der Waals surface area contributed by atoms with Gasteiger partial charge >= 0.3 is 0 Å². The maximum Gasteiger partial charge on any atom is 0.142 e. The lowest BCUT2D eigenvalue weighted by Gasteiger charge is -2.10. The predicted molar refractivity (Wildman–Crippen MR) is 71.3 cm³/mol. The highest BCUT2D eigenvalue weighted by Crippen LogP contribution is 2.35. The van der Waals surface area contributed by atoms with Crippen molar-refractivity contribution in [1.82, 2.24) is 0 Å². The molecule has 0 fully saturated rings. The lowest BCUT2D eigenvalue weighted by Crippen LogP contribution is -1.98. The molecule has 0 spiro atoms. The van der Waals surface area contributed by atoms with Crippen LogP contribution in [0.15, 0.2) is 36.9 Å². The van der Waals surface area contributed by atoms with E-state index < -0.39 is 23.0 Å². The van der Waals surface area contributed by atoms with Crippen LogP contribution in [0.5, 0.6) is 5.75 Å². The monoisotopic (exact) mass is 297 g/mol. The lowest BCUT2D eigenvalue weighted by atomic mass is 10.0. The summed E-state index contributed by atoms with van der Waals surface area (Å²) in [6.45, 7) is 3.55. The summed E-state index contributed by atoms with van der Waals surface area (Å²) in [7, 11) is 0. The van der Waals surface area contributed by atoms with Crippen LogP contribution in [-0.4, -0.2) is 6.61 Å². The zero-order valence-corrected chi connectivity index (χ0v) is 11.0. The van der Waals surface area contributed by atoms with Gasteiger partial charge in [-0.25, -0.2) is 13.2 Å². The lowest BCUT2D eigenvalue weighted by molar-refractivity contribution is 0.358. The van der Waals surface area contributed by atoms with Crippen LogP contribution in [0.2, 0.25) is 5.02 Å². The molecule has 0 atom stereocenters. The van der Waals surface area contributed by atoms with Gasteiger partial charge in [-0.15, -0.1) is 0 Å². The van der Waals surface area contributed by atoms with E-state index in [9.17, 15) is 13.2 Å². The van der Waals surface area contributed by atoms with Crippen molar-refractivity contribution in [3.8, 4) is 16.9 Å². The summed E-state index contributed by atoms with van der Waals surface area (Å²) in [5, 5.41) is -0.384. The quantitative estimate of drug-likeness (QED) is 0.737. The molecule has 0 bridgehead atoms. The molecule has 1 nitrogen and oxygen atoms in total. The van der Waals surface area contributed by atoms with Crippen LogP contribution in [0, 0.1) is 23.5 Å². The highest BCUT2D eigenvalue weighted by Gasteiger charge is 2.18. The van der Waals surface area contributed by atoms with Gasteiger partial charge in [0.15, 0.2) is 0 Å². The normalized spacial score (nSPS) is 10.4. The fourth-order valence-corrected chi connectivity index (χ4v) is 1.88. The van der Waals surface area contributed by atoms with Gasteiger partial charge in [-0.1, -0.05) is 30.3 Å². The molecule has 0 saturated heterocycles. The van der Waals surface area contributed by atoms with E-state index in [4.69, 9.17) is 16.3 Å². The van der Waals surface area contributed by atoms with Gasteiger partial charge in [0.25, 0.3) is 0 Å². The molecule has 2 rings (SSSR count). The molecule has 0 aromatic heterocycles. The Bertz CT molecular complexity index is 633. The standard InChI is InChI=1S/C15H9ClF3O/c1-2-6-20-9-7-12(18)14(13(19)8-9)10-4-3-5-11(17)15(10)16/h2-3,5,7-8H,1,6H2. The van der Waals surface area contributed by atoms with Gasteiger partial charge in [-0.3, -0.25) is 0 Å². The van der Waals surface area contributed by atoms with Crippen molar-refractivity contribution in [3.63, 3.8) is 0 Å². The van der Waals surface area contributed by atoms with Crippen LogP contribution < -0.4 is 4.74 Å². The highest BCUT2D eigenvalue weighted by molar-refractivity contribution is 6.33. The SMILES string of the molecule is C=CCOc1cc(F)c(-c2[c]ccc(F)c2Cl)c(F)c1. The van der Waals surface area contributed by atoms with E-state index in [1.807, 2.05) is 0 Å². The summed E-state index contributed by atoms with van der Waals surface area (Å²) in [5.74, 6) is -2.58. The molecule has 5 heteroatoms. The predicted octanol–water partition coefficient (Wildman–Crippen LogP) is 4.79. The third kappa shape index (κ3) is 2.80. The van der Waals surface area contributed by atoms with Crippen molar-refractivity contribution in [1.29, 1.82) is 0 Å². The van der Waals surface area contributed by atoms with Gasteiger partial charge < -0.3 is 4.74 Å². The van der Waals surface area contributed by atoms with Gasteiger partial charge in [0.1, 0.15) is 29.8 Å². The third-order valence-electron chi connectivity index (χ3n) is 2.52. The van der Waals surface area contributed by atoms with Gasteiger partial charge in [0.05, 0.1) is 10.6 Å². The Morgan fingerprint density at radius 2 is 1.85 bits per heavy atom. The van der Waals surface area contributed by atoms with Crippen LogP contribution in [0.25, 0.3) is 11.1 Å². The van der Waals surface area contributed by atoms with E-state index in [1.54, 1.807) is 0 Å². The molecule has 0 unspecified atom stereocenters. The van der Waals surface area contributed by atoms with Crippen LogP contribution >= 0.6 is 11.6 Å². The molecule has 0 saturated carbocycles. The molecular formula is C15H9ClF3O. The second kappa shape index (κ2) is 6.01. The first kappa shape index (κ1) is 14.5. The highest BCUT2D eigenvalue weighted by atomic mass is 35.5. The van der Waals surface area contributed by atoms with Crippen LogP contribution in [0.1, 0.15) is 0 Å². The Morgan fingerprint density at radius 1 is 1.20 bits per heavy atom. The fraction of sp³-hybridized carbons (Fsp3) is 0.0667. The van der Waals surface area contributed by atoms with Crippen molar-refractivity contribution in [2.75, 3.05) is 6.61 Å². The van der Waals surface area contributed by atoms with E-state index >= 15 is 0 Å². The number of hydrogen-bond donors (Lipinski definition) is 0. The minimum atomic E-state index is -0.909. The fourth-order valence-electron chi connectivity index (χ4n) is 1.66. The average molecular weight is 298 g/mol. The maximum absolute atomic E-state index is 14.0. The first-order valence-electron chi connectivity index (χ1n) is 5.63. The molecule has 2 aromatic carbocycles. The van der Waals surface area contributed by atoms with Crippen molar-refractivity contribution in [2.45, 2.75) is 0 Å². The van der Waals surface area contributed by atoms with E-state index in [0.717, 1.165) is 18.2 Å². The van der Waals surface area contributed by atoms with E-state index in [2.05, 4.69) is 12.6 Å². The molecule has 20 heavy (non-hydrogen) atoms. The Kier molecular flexibility index (Phi) is 4.35. The van der Waals surface area contributed by atoms with E-state index in [1.165, 1.54) is 12.1 Å². The van der Waals surface area contributed by atoms with Crippen LogP contribution in [0.4, 0.5) is 13.2 Å². The number of halogens is 4. The summed E-state index contributed by atoms with van der Waals surface area (Å²) < 4.78 is 46.4. The Morgan fingerprint density at radius 3 is 2.45 bits per heavy atom. The molecule has 0 heterocycles. The topological polar surface area (TPSA) is 9.23 Å². The summed E-state index contributed by atoms with van der Waals surface area (Å²) >= 11 is 5.71. The number of hydrogen-bond acceptors (Lipinski definition) is 1. The number of benzene rings is 2. The van der Waals surface area contributed by atoms with Gasteiger partial charge in [0, 0.05) is 17.7 Å². The largest absolute Gasteiger partial charge is 0.489 e. The van der Waals surface area contributed by atoms with Crippen molar-refractivity contribution >= 4 is 11.6 Å². The van der Waals surface area contributed by atoms with Gasteiger partial charge in [-0.2, -0.15) is 0 Å². The van der Waals surface area contributed by atoms with Crippen molar-refractivity contribution < 1.29 is 17.9 Å². The Labute approximate surface area is 119 Å².